The fourth-order valence-corrected chi connectivity index (χ4v) is 3.24. The fraction of sp³-hybridized carbons (Fsp3) is 0.389. The van der Waals surface area contributed by atoms with Crippen LogP contribution in [0, 0.1) is 18.3 Å². The van der Waals surface area contributed by atoms with Gasteiger partial charge in [0.25, 0.3) is 5.91 Å². The van der Waals surface area contributed by atoms with E-state index in [0.29, 0.717) is 27.6 Å². The third kappa shape index (κ3) is 4.12. The normalized spacial score (nSPS) is 19.9. The molecule has 2 aromatic rings. The summed E-state index contributed by atoms with van der Waals surface area (Å²) >= 11 is 6.03. The molecule has 1 amide bonds. The minimum atomic E-state index is -0.0884. The molecular weight excluding hydrogens is 340 g/mol. The number of benzene rings is 1. The Kier molecular flexibility index (Phi) is 5.25. The second-order valence-electron chi connectivity index (χ2n) is 6.20. The summed E-state index contributed by atoms with van der Waals surface area (Å²) in [4.78, 5) is 12.2. The Balaban J connectivity index is 1.50. The molecule has 0 atom stereocenters. The second-order valence-corrected chi connectivity index (χ2v) is 6.61. The van der Waals surface area contributed by atoms with Crippen LogP contribution < -0.4 is 10.1 Å². The zero-order valence-corrected chi connectivity index (χ0v) is 14.6. The Bertz CT molecular complexity index is 804. The number of hydrogen-bond donors (Lipinski definition) is 2. The van der Waals surface area contributed by atoms with Crippen molar-refractivity contribution in [3.8, 4) is 11.8 Å². The van der Waals surface area contributed by atoms with Crippen LogP contribution in [0.25, 0.3) is 0 Å². The van der Waals surface area contributed by atoms with Crippen molar-refractivity contribution in [3.63, 3.8) is 0 Å². The Morgan fingerprint density at radius 1 is 1.40 bits per heavy atom. The van der Waals surface area contributed by atoms with Crippen molar-refractivity contribution in [1.82, 2.24) is 15.5 Å². The van der Waals surface area contributed by atoms with Crippen molar-refractivity contribution >= 4 is 17.5 Å². The molecule has 7 heteroatoms. The summed E-state index contributed by atoms with van der Waals surface area (Å²) in [6.45, 7) is 1.80. The number of carbonyl (C=O) groups is 1. The Hall–Kier alpha value is -2.52. The molecular formula is C18H19ClN4O2. The summed E-state index contributed by atoms with van der Waals surface area (Å²) in [5.41, 5.74) is 1.73. The number of aromatic amines is 1. The molecule has 0 spiro atoms. The van der Waals surface area contributed by atoms with Crippen LogP contribution in [0.5, 0.6) is 5.75 Å². The first-order valence-electron chi connectivity index (χ1n) is 8.24. The van der Waals surface area contributed by atoms with Crippen molar-refractivity contribution < 1.29 is 9.53 Å². The van der Waals surface area contributed by atoms with Crippen LogP contribution in [0.15, 0.2) is 24.4 Å². The number of nitrogens with one attached hydrogen (secondary N) is 2. The highest BCUT2D eigenvalue weighted by molar-refractivity contribution is 6.31. The lowest BCUT2D eigenvalue weighted by molar-refractivity contribution is 0.0893. The summed E-state index contributed by atoms with van der Waals surface area (Å²) in [5, 5.41) is 19.0. The Morgan fingerprint density at radius 2 is 2.16 bits per heavy atom. The molecule has 1 aliphatic carbocycles. The molecule has 1 aliphatic rings. The highest BCUT2D eigenvalue weighted by Gasteiger charge is 2.24. The van der Waals surface area contributed by atoms with Crippen LogP contribution in [-0.4, -0.2) is 28.3 Å². The Morgan fingerprint density at radius 3 is 2.76 bits per heavy atom. The van der Waals surface area contributed by atoms with Gasteiger partial charge in [-0.2, -0.15) is 10.4 Å². The number of hydrogen-bond acceptors (Lipinski definition) is 4. The molecule has 0 saturated heterocycles. The van der Waals surface area contributed by atoms with Gasteiger partial charge in [-0.25, -0.2) is 0 Å². The molecule has 1 fully saturated rings. The van der Waals surface area contributed by atoms with Gasteiger partial charge in [-0.1, -0.05) is 11.6 Å². The Labute approximate surface area is 151 Å². The number of aryl methyl sites for hydroxylation is 1. The maximum Gasteiger partial charge on any atom is 0.254 e. The lowest BCUT2D eigenvalue weighted by Gasteiger charge is -2.29. The van der Waals surface area contributed by atoms with Gasteiger partial charge >= 0.3 is 0 Å². The number of amides is 1. The molecule has 130 valence electrons. The number of halogens is 1. The van der Waals surface area contributed by atoms with Gasteiger partial charge in [0.15, 0.2) is 0 Å². The van der Waals surface area contributed by atoms with Gasteiger partial charge in [-0.15, -0.1) is 0 Å². The third-order valence-electron chi connectivity index (χ3n) is 4.45. The van der Waals surface area contributed by atoms with E-state index in [9.17, 15) is 4.79 Å². The van der Waals surface area contributed by atoms with E-state index < -0.39 is 0 Å². The van der Waals surface area contributed by atoms with Crippen LogP contribution in [-0.2, 0) is 0 Å². The number of rotatable bonds is 4. The SMILES string of the molecule is Cc1n[nH]cc1C(=O)N[C@H]1CC[C@H](Oc2ccc(C#N)c(Cl)c2)CC1. The van der Waals surface area contributed by atoms with Gasteiger partial charge in [0.2, 0.25) is 0 Å². The smallest absolute Gasteiger partial charge is 0.254 e. The molecule has 1 aromatic carbocycles. The highest BCUT2D eigenvalue weighted by atomic mass is 35.5. The molecule has 25 heavy (non-hydrogen) atoms. The molecule has 0 radical (unpaired) electrons. The molecule has 0 unspecified atom stereocenters. The number of nitriles is 1. The number of nitrogens with zero attached hydrogens (tertiary/aromatic N) is 2. The number of H-pyrrole nitrogens is 1. The average molecular weight is 359 g/mol. The van der Waals surface area contributed by atoms with Crippen molar-refractivity contribution in [1.29, 1.82) is 5.26 Å². The first-order chi connectivity index (χ1) is 12.1. The van der Waals surface area contributed by atoms with E-state index in [1.54, 1.807) is 31.3 Å². The molecule has 6 nitrogen and oxygen atoms in total. The van der Waals surface area contributed by atoms with E-state index in [4.69, 9.17) is 21.6 Å². The highest BCUT2D eigenvalue weighted by Crippen LogP contribution is 2.27. The van der Waals surface area contributed by atoms with Crippen LogP contribution in [0.2, 0.25) is 5.02 Å². The summed E-state index contributed by atoms with van der Waals surface area (Å²) in [7, 11) is 0. The minimum absolute atomic E-state index is 0.0884. The van der Waals surface area contributed by atoms with Gasteiger partial charge in [-0.05, 0) is 44.7 Å². The lowest BCUT2D eigenvalue weighted by Crippen LogP contribution is -2.39. The minimum Gasteiger partial charge on any atom is -0.490 e. The van der Waals surface area contributed by atoms with Crippen LogP contribution in [0.3, 0.4) is 0 Å². The van der Waals surface area contributed by atoms with Crippen LogP contribution in [0.1, 0.15) is 47.3 Å². The van der Waals surface area contributed by atoms with Crippen molar-refractivity contribution in [2.45, 2.75) is 44.8 Å². The van der Waals surface area contributed by atoms with E-state index in [0.717, 1.165) is 25.7 Å². The lowest BCUT2D eigenvalue weighted by atomic mass is 9.92. The molecule has 1 aromatic heterocycles. The monoisotopic (exact) mass is 358 g/mol. The van der Waals surface area contributed by atoms with Crippen molar-refractivity contribution in [2.75, 3.05) is 0 Å². The quantitative estimate of drug-likeness (QED) is 0.876. The molecule has 0 aliphatic heterocycles. The average Bonchev–Trinajstić information content (AvgIpc) is 3.03. The van der Waals surface area contributed by atoms with Gasteiger partial charge in [-0.3, -0.25) is 9.89 Å². The fourth-order valence-electron chi connectivity index (χ4n) is 3.03. The van der Waals surface area contributed by atoms with Gasteiger partial charge in [0, 0.05) is 18.3 Å². The maximum absolute atomic E-state index is 12.2. The summed E-state index contributed by atoms with van der Waals surface area (Å²) in [6, 6.07) is 7.28. The number of aromatic nitrogens is 2. The zero-order chi connectivity index (χ0) is 17.8. The molecule has 1 heterocycles. The van der Waals surface area contributed by atoms with E-state index in [1.807, 2.05) is 6.07 Å². The van der Waals surface area contributed by atoms with Crippen LogP contribution in [0.4, 0.5) is 0 Å². The van der Waals surface area contributed by atoms with Crippen LogP contribution >= 0.6 is 11.6 Å². The van der Waals surface area contributed by atoms with Crippen molar-refractivity contribution in [2.24, 2.45) is 0 Å². The first kappa shape index (κ1) is 17.3. The molecule has 3 rings (SSSR count). The van der Waals surface area contributed by atoms with E-state index in [-0.39, 0.29) is 18.1 Å². The summed E-state index contributed by atoms with van der Waals surface area (Å²) < 4.78 is 5.96. The zero-order valence-electron chi connectivity index (χ0n) is 13.9. The predicted molar refractivity (Wildman–Crippen MR) is 93.6 cm³/mol. The topological polar surface area (TPSA) is 90.8 Å². The maximum atomic E-state index is 12.2. The summed E-state index contributed by atoms with van der Waals surface area (Å²) in [6.07, 6.45) is 5.13. The first-order valence-corrected chi connectivity index (χ1v) is 8.62. The molecule has 1 saturated carbocycles. The standard InChI is InChI=1S/C18H19ClN4O2/c1-11-16(10-21-23-11)18(24)22-13-3-6-14(7-4-13)25-15-5-2-12(9-20)17(19)8-15/h2,5,8,10,13-14H,3-4,6-7H2,1H3,(H,21,23)(H,22,24)/t13-,14-. The van der Waals surface area contributed by atoms with E-state index >= 15 is 0 Å². The second kappa shape index (κ2) is 7.58. The largest absolute Gasteiger partial charge is 0.490 e. The molecule has 2 N–H and O–H groups in total. The van der Waals surface area contributed by atoms with Gasteiger partial charge in [0.1, 0.15) is 11.8 Å². The predicted octanol–water partition coefficient (Wildman–Crippen LogP) is 3.36. The molecule has 0 bridgehead atoms. The van der Waals surface area contributed by atoms with E-state index in [1.165, 1.54) is 0 Å². The third-order valence-corrected chi connectivity index (χ3v) is 4.76. The van der Waals surface area contributed by atoms with Gasteiger partial charge < -0.3 is 10.1 Å². The van der Waals surface area contributed by atoms with Crippen molar-refractivity contribution in [3.05, 3.63) is 46.2 Å². The van der Waals surface area contributed by atoms with Gasteiger partial charge in [0.05, 0.1) is 27.9 Å². The summed E-state index contributed by atoms with van der Waals surface area (Å²) in [5.74, 6) is 0.583. The number of carbonyl (C=O) groups excluding carboxylic acids is 1. The number of ether oxygens (including phenoxy) is 1. The van der Waals surface area contributed by atoms with E-state index in [2.05, 4.69) is 15.5 Å².